The Hall–Kier alpha value is -2.76. The van der Waals surface area contributed by atoms with Crippen LogP contribution in [0.3, 0.4) is 0 Å². The van der Waals surface area contributed by atoms with Crippen molar-refractivity contribution in [2.75, 3.05) is 0 Å². The molecule has 1 aliphatic carbocycles. The van der Waals surface area contributed by atoms with Crippen LogP contribution in [-0.2, 0) is 16.0 Å². The average molecular weight is 325 g/mol. The lowest BCUT2D eigenvalue weighted by molar-refractivity contribution is -0.117. The third-order valence-electron chi connectivity index (χ3n) is 4.25. The normalized spacial score (nSPS) is 21.2. The van der Waals surface area contributed by atoms with Crippen molar-refractivity contribution in [1.82, 2.24) is 10.5 Å². The molecule has 24 heavy (non-hydrogen) atoms. The van der Waals surface area contributed by atoms with Crippen molar-refractivity contribution in [2.24, 2.45) is 10.9 Å². The lowest BCUT2D eigenvalue weighted by Crippen LogP contribution is -2.33. The highest BCUT2D eigenvalue weighted by Crippen LogP contribution is 2.28. The second-order valence-electron chi connectivity index (χ2n) is 5.91. The van der Waals surface area contributed by atoms with Crippen LogP contribution in [0.2, 0.25) is 0 Å². The van der Waals surface area contributed by atoms with Gasteiger partial charge in [-0.05, 0) is 32.4 Å². The molecule has 0 radical (unpaired) electrons. The lowest BCUT2D eigenvalue weighted by atomic mass is 9.86. The molecule has 1 N–H and O–H groups in total. The van der Waals surface area contributed by atoms with Gasteiger partial charge in [0.25, 0.3) is 5.91 Å². The van der Waals surface area contributed by atoms with Gasteiger partial charge in [-0.2, -0.15) is 0 Å². The molecular weight excluding hydrogens is 306 g/mol. The molecule has 2 amide bonds. The molecule has 0 spiro atoms. The summed E-state index contributed by atoms with van der Waals surface area (Å²) < 4.78 is 5.06. The topological polar surface area (TPSA) is 84.6 Å². The molecule has 2 aliphatic rings. The number of fused-ring (bicyclic) bond motifs is 1. The number of aryl methyl sites for hydroxylation is 2. The van der Waals surface area contributed by atoms with Gasteiger partial charge in [0.1, 0.15) is 5.76 Å². The predicted molar refractivity (Wildman–Crippen MR) is 89.4 cm³/mol. The maximum Gasteiger partial charge on any atom is 0.250 e. The van der Waals surface area contributed by atoms with Gasteiger partial charge < -0.3 is 9.84 Å². The van der Waals surface area contributed by atoms with Crippen molar-refractivity contribution in [3.05, 3.63) is 52.6 Å². The van der Waals surface area contributed by atoms with Gasteiger partial charge in [0.15, 0.2) is 0 Å². The molecular formula is C18H19N3O3. The van der Waals surface area contributed by atoms with Crippen LogP contribution in [0.1, 0.15) is 30.4 Å². The highest BCUT2D eigenvalue weighted by molar-refractivity contribution is 6.11. The number of carbonyl (C=O) groups is 2. The second-order valence-corrected chi connectivity index (χ2v) is 5.91. The number of rotatable bonds is 3. The molecule has 0 bridgehead atoms. The maximum atomic E-state index is 12.2. The van der Waals surface area contributed by atoms with Crippen molar-refractivity contribution >= 4 is 17.5 Å². The first-order valence-electron chi connectivity index (χ1n) is 7.92. The summed E-state index contributed by atoms with van der Waals surface area (Å²) in [6.07, 6.45) is 8.13. The van der Waals surface area contributed by atoms with Crippen LogP contribution in [0.4, 0.5) is 0 Å². The Kier molecular flexibility index (Phi) is 4.29. The summed E-state index contributed by atoms with van der Waals surface area (Å²) in [5.41, 5.74) is 3.84. The van der Waals surface area contributed by atoms with E-state index in [1.165, 1.54) is 0 Å². The molecule has 124 valence electrons. The zero-order valence-corrected chi connectivity index (χ0v) is 13.9. The number of nitrogens with one attached hydrogen (secondary N) is 1. The van der Waals surface area contributed by atoms with E-state index in [1.54, 1.807) is 26.0 Å². The largest absolute Gasteiger partial charge is 0.361 e. The highest BCUT2D eigenvalue weighted by atomic mass is 16.5. The van der Waals surface area contributed by atoms with Crippen LogP contribution in [0, 0.1) is 19.8 Å². The Bertz CT molecular complexity index is 805. The van der Waals surface area contributed by atoms with Gasteiger partial charge in [-0.3, -0.25) is 9.59 Å². The number of aromatic nitrogens is 1. The van der Waals surface area contributed by atoms with Crippen molar-refractivity contribution in [1.29, 1.82) is 0 Å². The van der Waals surface area contributed by atoms with E-state index in [2.05, 4.69) is 15.5 Å². The monoisotopic (exact) mass is 325 g/mol. The van der Waals surface area contributed by atoms with Gasteiger partial charge in [-0.25, -0.2) is 4.99 Å². The van der Waals surface area contributed by atoms with E-state index in [0.29, 0.717) is 17.2 Å². The fraction of sp³-hybridized carbons (Fsp3) is 0.333. The molecule has 0 aromatic carbocycles. The molecule has 1 aromatic heterocycles. The zero-order valence-electron chi connectivity index (χ0n) is 13.9. The van der Waals surface area contributed by atoms with Crippen LogP contribution in [-0.4, -0.2) is 22.7 Å². The van der Waals surface area contributed by atoms with Crippen molar-refractivity contribution in [3.63, 3.8) is 0 Å². The summed E-state index contributed by atoms with van der Waals surface area (Å²) in [7, 11) is 0. The van der Waals surface area contributed by atoms with Gasteiger partial charge in [0.05, 0.1) is 17.8 Å². The Morgan fingerprint density at radius 1 is 1.38 bits per heavy atom. The van der Waals surface area contributed by atoms with Crippen molar-refractivity contribution in [2.45, 2.75) is 33.6 Å². The van der Waals surface area contributed by atoms with Gasteiger partial charge in [0.2, 0.25) is 5.91 Å². The minimum absolute atomic E-state index is 0.0596. The Labute approximate surface area is 140 Å². The first-order valence-corrected chi connectivity index (χ1v) is 7.92. The summed E-state index contributed by atoms with van der Waals surface area (Å²) in [6, 6.07) is 0. The quantitative estimate of drug-likeness (QED) is 0.924. The molecule has 1 aliphatic heterocycles. The van der Waals surface area contributed by atoms with Crippen molar-refractivity contribution in [3.8, 4) is 0 Å². The highest BCUT2D eigenvalue weighted by Gasteiger charge is 2.25. The predicted octanol–water partition coefficient (Wildman–Crippen LogP) is 2.34. The number of hydrogen-bond acceptors (Lipinski definition) is 4. The summed E-state index contributed by atoms with van der Waals surface area (Å²) >= 11 is 0. The summed E-state index contributed by atoms with van der Waals surface area (Å²) in [6.45, 7) is 5.60. The Morgan fingerprint density at radius 2 is 2.17 bits per heavy atom. The fourth-order valence-electron chi connectivity index (χ4n) is 2.95. The number of amides is 2. The molecule has 1 aromatic rings. The van der Waals surface area contributed by atoms with Crippen LogP contribution >= 0.6 is 0 Å². The van der Waals surface area contributed by atoms with Gasteiger partial charge in [-0.15, -0.1) is 0 Å². The third-order valence-corrected chi connectivity index (χ3v) is 4.25. The van der Waals surface area contributed by atoms with E-state index in [9.17, 15) is 9.59 Å². The van der Waals surface area contributed by atoms with Crippen LogP contribution in [0.15, 0.2) is 45.1 Å². The summed E-state index contributed by atoms with van der Waals surface area (Å²) in [5, 5.41) is 6.67. The SMILES string of the molecule is CCC1=CC(=O)NC2=CC(=NC(=O)Cc3c(C)noc3C)C=CC12. The Balaban J connectivity index is 1.79. The second kappa shape index (κ2) is 6.39. The molecule has 0 fully saturated rings. The van der Waals surface area contributed by atoms with E-state index in [-0.39, 0.29) is 24.2 Å². The first kappa shape index (κ1) is 16.1. The number of carbonyl (C=O) groups excluding carboxylic acids is 2. The number of allylic oxidation sites excluding steroid dienone is 3. The smallest absolute Gasteiger partial charge is 0.250 e. The van der Waals surface area contributed by atoms with Gasteiger partial charge in [0, 0.05) is 23.3 Å². The minimum Gasteiger partial charge on any atom is -0.361 e. The Morgan fingerprint density at radius 3 is 2.83 bits per heavy atom. The van der Waals surface area contributed by atoms with Crippen LogP contribution in [0.5, 0.6) is 0 Å². The lowest BCUT2D eigenvalue weighted by Gasteiger charge is -2.26. The summed E-state index contributed by atoms with van der Waals surface area (Å²) in [4.78, 5) is 28.1. The zero-order chi connectivity index (χ0) is 17.3. The van der Waals surface area contributed by atoms with Gasteiger partial charge >= 0.3 is 0 Å². The minimum atomic E-state index is -0.271. The van der Waals surface area contributed by atoms with Crippen LogP contribution < -0.4 is 5.32 Å². The number of aliphatic imine (C=N–C) groups is 1. The average Bonchev–Trinajstić information content (AvgIpc) is 2.85. The standard InChI is InChI=1S/C18H19N3O3/c1-4-12-7-17(22)20-16-8-13(5-6-14(12)16)19-18(23)9-15-10(2)21-24-11(15)3/h5-8,14H,4,9H2,1-3H3,(H,20,22). The van der Waals surface area contributed by atoms with E-state index < -0.39 is 0 Å². The fourth-order valence-corrected chi connectivity index (χ4v) is 2.95. The number of hydrogen-bond donors (Lipinski definition) is 1. The van der Waals surface area contributed by atoms with E-state index in [4.69, 9.17) is 4.52 Å². The molecule has 2 heterocycles. The van der Waals surface area contributed by atoms with E-state index in [0.717, 1.165) is 23.3 Å². The molecule has 3 rings (SSSR count). The molecule has 6 heteroatoms. The molecule has 0 saturated heterocycles. The molecule has 1 unspecified atom stereocenters. The molecule has 1 atom stereocenters. The van der Waals surface area contributed by atoms with E-state index in [1.807, 2.05) is 19.1 Å². The first-order chi connectivity index (χ1) is 11.5. The molecule has 6 nitrogen and oxygen atoms in total. The van der Waals surface area contributed by atoms with Crippen LogP contribution in [0.25, 0.3) is 0 Å². The maximum absolute atomic E-state index is 12.2. The van der Waals surface area contributed by atoms with Crippen molar-refractivity contribution < 1.29 is 14.1 Å². The van der Waals surface area contributed by atoms with E-state index >= 15 is 0 Å². The number of nitrogens with zero attached hydrogens (tertiary/aromatic N) is 2. The summed E-state index contributed by atoms with van der Waals surface area (Å²) in [5.74, 6) is 0.291. The third kappa shape index (κ3) is 3.13. The molecule has 0 saturated carbocycles. The van der Waals surface area contributed by atoms with Gasteiger partial charge in [-0.1, -0.05) is 23.7 Å².